The number of benzene rings is 2. The zero-order chi connectivity index (χ0) is 13.8. The van der Waals surface area contributed by atoms with Crippen molar-refractivity contribution in [2.45, 2.75) is 31.3 Å². The highest BCUT2D eigenvalue weighted by molar-refractivity contribution is 5.48. The van der Waals surface area contributed by atoms with Gasteiger partial charge in [0, 0.05) is 17.8 Å². The van der Waals surface area contributed by atoms with Crippen LogP contribution in [-0.2, 0) is 0 Å². The van der Waals surface area contributed by atoms with E-state index in [-0.39, 0.29) is 6.04 Å². The summed E-state index contributed by atoms with van der Waals surface area (Å²) in [7, 11) is 0. The molecule has 2 aromatic carbocycles. The number of nitrogens with one attached hydrogen (secondary N) is 1. The molecule has 0 radical (unpaired) electrons. The largest absolute Gasteiger partial charge is 0.457 e. The lowest BCUT2D eigenvalue weighted by Crippen LogP contribution is -2.35. The fraction of sp³-hybridized carbons (Fsp3) is 0.294. The van der Waals surface area contributed by atoms with Crippen molar-refractivity contribution in [1.82, 2.24) is 0 Å². The van der Waals surface area contributed by atoms with Gasteiger partial charge in [0.25, 0.3) is 0 Å². The third kappa shape index (κ3) is 3.11. The molecule has 0 heterocycles. The molecule has 1 saturated carbocycles. The molecule has 20 heavy (non-hydrogen) atoms. The Hall–Kier alpha value is -2.00. The van der Waals surface area contributed by atoms with E-state index in [0.29, 0.717) is 6.04 Å². The molecule has 2 aromatic rings. The number of para-hydroxylation sites is 1. The van der Waals surface area contributed by atoms with Gasteiger partial charge in [-0.2, -0.15) is 0 Å². The van der Waals surface area contributed by atoms with Gasteiger partial charge in [-0.1, -0.05) is 18.2 Å². The van der Waals surface area contributed by atoms with Gasteiger partial charge in [0.05, 0.1) is 0 Å². The van der Waals surface area contributed by atoms with E-state index >= 15 is 0 Å². The summed E-state index contributed by atoms with van der Waals surface area (Å²) in [5.74, 6) is 1.70. The second kappa shape index (κ2) is 5.97. The third-order valence-corrected chi connectivity index (χ3v) is 3.75. The van der Waals surface area contributed by atoms with E-state index in [1.54, 1.807) is 0 Å². The molecule has 1 aliphatic rings. The Bertz CT molecular complexity index is 539. The maximum absolute atomic E-state index is 6.07. The average molecular weight is 268 g/mol. The number of rotatable bonds is 4. The minimum Gasteiger partial charge on any atom is -0.457 e. The van der Waals surface area contributed by atoms with Crippen LogP contribution in [0, 0.1) is 0 Å². The van der Waals surface area contributed by atoms with Crippen LogP contribution in [0.1, 0.15) is 19.3 Å². The molecule has 0 spiro atoms. The summed E-state index contributed by atoms with van der Waals surface area (Å²) in [4.78, 5) is 0. The normalized spacial score (nSPS) is 21.6. The van der Waals surface area contributed by atoms with Gasteiger partial charge in [-0.3, -0.25) is 0 Å². The van der Waals surface area contributed by atoms with E-state index in [0.717, 1.165) is 30.0 Å². The lowest BCUT2D eigenvalue weighted by atomic mass is 10.1. The molecule has 104 valence electrons. The summed E-state index contributed by atoms with van der Waals surface area (Å²) in [6.45, 7) is 0. The van der Waals surface area contributed by atoms with E-state index in [1.807, 2.05) is 54.6 Å². The maximum atomic E-state index is 6.07. The van der Waals surface area contributed by atoms with Crippen molar-refractivity contribution in [2.24, 2.45) is 5.73 Å². The molecule has 3 rings (SSSR count). The number of anilines is 1. The van der Waals surface area contributed by atoms with Crippen LogP contribution in [0.3, 0.4) is 0 Å². The van der Waals surface area contributed by atoms with Crippen molar-refractivity contribution >= 4 is 5.69 Å². The van der Waals surface area contributed by atoms with Gasteiger partial charge >= 0.3 is 0 Å². The second-order valence-corrected chi connectivity index (χ2v) is 5.29. The quantitative estimate of drug-likeness (QED) is 0.887. The third-order valence-electron chi connectivity index (χ3n) is 3.75. The number of hydrogen-bond acceptors (Lipinski definition) is 3. The van der Waals surface area contributed by atoms with Gasteiger partial charge < -0.3 is 15.8 Å². The van der Waals surface area contributed by atoms with Gasteiger partial charge in [0.1, 0.15) is 11.5 Å². The molecule has 3 nitrogen and oxygen atoms in total. The summed E-state index contributed by atoms with van der Waals surface area (Å²) >= 11 is 0. The summed E-state index contributed by atoms with van der Waals surface area (Å²) in [5, 5.41) is 3.50. The molecule has 0 amide bonds. The average Bonchev–Trinajstić information content (AvgIpc) is 2.88. The molecule has 0 aromatic heterocycles. The second-order valence-electron chi connectivity index (χ2n) is 5.29. The van der Waals surface area contributed by atoms with Crippen molar-refractivity contribution in [3.8, 4) is 11.5 Å². The highest BCUT2D eigenvalue weighted by Crippen LogP contribution is 2.25. The van der Waals surface area contributed by atoms with Gasteiger partial charge in [0.15, 0.2) is 0 Å². The Balaban J connectivity index is 1.62. The summed E-state index contributed by atoms with van der Waals surface area (Å²) in [5.41, 5.74) is 7.18. The molecule has 2 unspecified atom stereocenters. The van der Waals surface area contributed by atoms with Crippen LogP contribution in [0.5, 0.6) is 11.5 Å². The predicted octanol–water partition coefficient (Wildman–Crippen LogP) is 3.77. The van der Waals surface area contributed by atoms with E-state index in [9.17, 15) is 0 Å². The monoisotopic (exact) mass is 268 g/mol. The van der Waals surface area contributed by atoms with Gasteiger partial charge in [-0.25, -0.2) is 0 Å². The number of ether oxygens (including phenoxy) is 1. The van der Waals surface area contributed by atoms with Crippen LogP contribution >= 0.6 is 0 Å². The highest BCUT2D eigenvalue weighted by Gasteiger charge is 2.23. The van der Waals surface area contributed by atoms with Crippen LogP contribution in [0.15, 0.2) is 54.6 Å². The van der Waals surface area contributed by atoms with E-state index in [1.165, 1.54) is 6.42 Å². The Morgan fingerprint density at radius 1 is 0.900 bits per heavy atom. The molecule has 1 fully saturated rings. The maximum Gasteiger partial charge on any atom is 0.127 e. The van der Waals surface area contributed by atoms with E-state index < -0.39 is 0 Å². The minimum absolute atomic E-state index is 0.273. The lowest BCUT2D eigenvalue weighted by molar-refractivity contribution is 0.482. The van der Waals surface area contributed by atoms with Crippen molar-refractivity contribution in [3.63, 3.8) is 0 Å². The van der Waals surface area contributed by atoms with Crippen LogP contribution in [0.4, 0.5) is 5.69 Å². The Labute approximate surface area is 119 Å². The standard InChI is InChI=1S/C17H20N2O/c18-16-7-4-8-17(16)19-13-9-11-15(12-10-13)20-14-5-2-1-3-6-14/h1-3,5-6,9-12,16-17,19H,4,7-8,18H2. The van der Waals surface area contributed by atoms with Gasteiger partial charge in [-0.15, -0.1) is 0 Å². The molecule has 0 bridgehead atoms. The topological polar surface area (TPSA) is 47.3 Å². The van der Waals surface area contributed by atoms with Crippen LogP contribution in [-0.4, -0.2) is 12.1 Å². The fourth-order valence-corrected chi connectivity index (χ4v) is 2.63. The fourth-order valence-electron chi connectivity index (χ4n) is 2.63. The van der Waals surface area contributed by atoms with Crippen molar-refractivity contribution in [3.05, 3.63) is 54.6 Å². The van der Waals surface area contributed by atoms with E-state index in [2.05, 4.69) is 5.32 Å². The molecule has 3 heteroatoms. The van der Waals surface area contributed by atoms with Crippen LogP contribution in [0.2, 0.25) is 0 Å². The molecular formula is C17H20N2O. The number of hydrogen-bond donors (Lipinski definition) is 2. The van der Waals surface area contributed by atoms with Crippen LogP contribution < -0.4 is 15.8 Å². The first kappa shape index (κ1) is 13.0. The van der Waals surface area contributed by atoms with Crippen molar-refractivity contribution in [1.29, 1.82) is 0 Å². The van der Waals surface area contributed by atoms with Crippen molar-refractivity contribution in [2.75, 3.05) is 5.32 Å². The predicted molar refractivity (Wildman–Crippen MR) is 82.2 cm³/mol. The number of nitrogens with two attached hydrogens (primary N) is 1. The summed E-state index contributed by atoms with van der Waals surface area (Å²) in [6.07, 6.45) is 3.49. The van der Waals surface area contributed by atoms with E-state index in [4.69, 9.17) is 10.5 Å². The molecular weight excluding hydrogens is 248 g/mol. The molecule has 3 N–H and O–H groups in total. The van der Waals surface area contributed by atoms with Crippen molar-refractivity contribution < 1.29 is 4.74 Å². The molecule has 2 atom stereocenters. The van der Waals surface area contributed by atoms with Crippen LogP contribution in [0.25, 0.3) is 0 Å². The highest BCUT2D eigenvalue weighted by atomic mass is 16.5. The lowest BCUT2D eigenvalue weighted by Gasteiger charge is -2.18. The minimum atomic E-state index is 0.273. The first-order valence-corrected chi connectivity index (χ1v) is 7.16. The Kier molecular flexibility index (Phi) is 3.88. The zero-order valence-electron chi connectivity index (χ0n) is 11.5. The first-order valence-electron chi connectivity index (χ1n) is 7.16. The van der Waals surface area contributed by atoms with Gasteiger partial charge in [0.2, 0.25) is 0 Å². The Morgan fingerprint density at radius 2 is 1.60 bits per heavy atom. The Morgan fingerprint density at radius 3 is 2.25 bits per heavy atom. The first-order chi connectivity index (χ1) is 9.81. The summed E-state index contributed by atoms with van der Waals surface area (Å²) in [6, 6.07) is 18.5. The SMILES string of the molecule is NC1CCCC1Nc1ccc(Oc2ccccc2)cc1. The smallest absolute Gasteiger partial charge is 0.127 e. The summed E-state index contributed by atoms with van der Waals surface area (Å²) < 4.78 is 5.77. The zero-order valence-corrected chi connectivity index (χ0v) is 11.5. The molecule has 1 aliphatic carbocycles. The molecule has 0 saturated heterocycles. The van der Waals surface area contributed by atoms with Gasteiger partial charge in [-0.05, 0) is 55.7 Å². The molecule has 0 aliphatic heterocycles.